The van der Waals surface area contributed by atoms with E-state index in [4.69, 9.17) is 4.11 Å². The number of benzene rings is 1. The maximum Gasteiger partial charge on any atom is 0.274 e. The lowest BCUT2D eigenvalue weighted by molar-refractivity contribution is 0.0537. The third-order valence-electron chi connectivity index (χ3n) is 7.06. The fourth-order valence-electron chi connectivity index (χ4n) is 4.88. The molecule has 0 atom stereocenters. The summed E-state index contributed by atoms with van der Waals surface area (Å²) < 4.78 is 92.3. The highest BCUT2D eigenvalue weighted by atomic mass is 32.2. The van der Waals surface area contributed by atoms with Gasteiger partial charge in [0.1, 0.15) is 16.2 Å². The first-order valence-corrected chi connectivity index (χ1v) is 12.3. The molecule has 1 saturated heterocycles. The Morgan fingerprint density at radius 3 is 2.52 bits per heavy atom. The largest absolute Gasteiger partial charge is 0.371 e. The van der Waals surface area contributed by atoms with Gasteiger partial charge in [-0.25, -0.2) is 21.6 Å². The molecule has 2 aromatic heterocycles. The van der Waals surface area contributed by atoms with Gasteiger partial charge in [-0.05, 0) is 31.0 Å². The topological polar surface area (TPSA) is 75.2 Å². The summed E-state index contributed by atoms with van der Waals surface area (Å²) in [5, 5.41) is 0.329. The molecule has 1 aliphatic heterocycles. The highest BCUT2D eigenvalue weighted by Gasteiger charge is 2.70. The van der Waals surface area contributed by atoms with Gasteiger partial charge in [-0.1, -0.05) is 6.92 Å². The van der Waals surface area contributed by atoms with Crippen LogP contribution in [0.2, 0.25) is 0 Å². The van der Waals surface area contributed by atoms with Gasteiger partial charge in [-0.15, -0.1) is 0 Å². The Hall–Kier alpha value is -2.75. The van der Waals surface area contributed by atoms with E-state index in [2.05, 4.69) is 4.98 Å². The third kappa shape index (κ3) is 3.29. The van der Waals surface area contributed by atoms with E-state index in [0.717, 1.165) is 18.3 Å². The van der Waals surface area contributed by atoms with Crippen LogP contribution >= 0.6 is 0 Å². The Morgan fingerprint density at radius 2 is 1.91 bits per heavy atom. The minimum absolute atomic E-state index is 0.00554. The zero-order valence-electron chi connectivity index (χ0n) is 20.8. The maximum absolute atomic E-state index is 15.2. The van der Waals surface area contributed by atoms with Gasteiger partial charge in [0.15, 0.2) is 9.84 Å². The Kier molecular flexibility index (Phi) is 4.03. The lowest BCUT2D eigenvalue weighted by Gasteiger charge is -2.35. The van der Waals surface area contributed by atoms with Crippen LogP contribution in [0.3, 0.4) is 0 Å². The predicted molar refractivity (Wildman–Crippen MR) is 120 cm³/mol. The SMILES string of the molecule is [2H]C([2H])([2H])n1cc(-c2cc(S(=O)(=O)CC)c(F)cc2N2CCC3(CC2)CC3(F)F)c2cc[nH]c2c1=O. The number of anilines is 1. The predicted octanol–water partition coefficient (Wildman–Crippen LogP) is 4.09. The number of aromatic amines is 1. The van der Waals surface area contributed by atoms with Crippen molar-refractivity contribution in [3.63, 3.8) is 0 Å². The number of fused-ring (bicyclic) bond motifs is 1. The molecule has 3 heterocycles. The second kappa shape index (κ2) is 7.12. The molecule has 0 amide bonds. The molecule has 2 aliphatic rings. The molecule has 1 saturated carbocycles. The van der Waals surface area contributed by atoms with Crippen molar-refractivity contribution in [2.24, 2.45) is 12.4 Å². The average Bonchev–Trinajstić information content (AvgIpc) is 3.13. The van der Waals surface area contributed by atoms with Crippen molar-refractivity contribution in [3.05, 3.63) is 46.8 Å². The van der Waals surface area contributed by atoms with Crippen LogP contribution in [0.15, 0.2) is 40.3 Å². The second-order valence-electron chi connectivity index (χ2n) is 8.84. The first kappa shape index (κ1) is 18.7. The summed E-state index contributed by atoms with van der Waals surface area (Å²) in [6, 6.07) is 3.76. The first-order valence-electron chi connectivity index (χ1n) is 12.1. The zero-order valence-corrected chi connectivity index (χ0v) is 18.6. The van der Waals surface area contributed by atoms with E-state index in [1.54, 1.807) is 11.0 Å². The molecule has 176 valence electrons. The van der Waals surface area contributed by atoms with Gasteiger partial charge in [0.2, 0.25) is 0 Å². The molecule has 33 heavy (non-hydrogen) atoms. The zero-order chi connectivity index (χ0) is 26.3. The fourth-order valence-corrected chi connectivity index (χ4v) is 5.84. The van der Waals surface area contributed by atoms with E-state index >= 15 is 4.39 Å². The van der Waals surface area contributed by atoms with Crippen LogP contribution in [0.5, 0.6) is 0 Å². The van der Waals surface area contributed by atoms with E-state index in [9.17, 15) is 22.0 Å². The number of aromatic nitrogens is 2. The number of rotatable bonds is 4. The molecule has 1 aliphatic carbocycles. The van der Waals surface area contributed by atoms with Crippen molar-refractivity contribution in [2.75, 3.05) is 23.7 Å². The van der Waals surface area contributed by atoms with Gasteiger partial charge in [0.05, 0.1) is 5.75 Å². The molecule has 0 radical (unpaired) electrons. The van der Waals surface area contributed by atoms with Gasteiger partial charge in [0.25, 0.3) is 11.5 Å². The molecule has 1 N–H and O–H groups in total. The second-order valence-corrected chi connectivity index (χ2v) is 11.1. The number of hydrogen-bond donors (Lipinski definition) is 1. The van der Waals surface area contributed by atoms with Crippen molar-refractivity contribution in [3.8, 4) is 11.1 Å². The molecule has 3 aromatic rings. The number of hydrogen-bond acceptors (Lipinski definition) is 4. The Labute approximate surface area is 193 Å². The average molecular weight is 483 g/mol. The van der Waals surface area contributed by atoms with Gasteiger partial charge in [-0.2, -0.15) is 0 Å². The number of halogens is 3. The maximum atomic E-state index is 15.2. The summed E-state index contributed by atoms with van der Waals surface area (Å²) in [6.45, 7) is -1.08. The smallest absolute Gasteiger partial charge is 0.274 e. The van der Waals surface area contributed by atoms with Crippen LogP contribution in [0.4, 0.5) is 18.9 Å². The summed E-state index contributed by atoms with van der Waals surface area (Å²) in [5.41, 5.74) is -1.20. The van der Waals surface area contributed by atoms with Crippen LogP contribution in [0, 0.1) is 11.2 Å². The lowest BCUT2D eigenvalue weighted by atomic mass is 9.91. The number of nitrogens with one attached hydrogen (secondary N) is 1. The third-order valence-corrected chi connectivity index (χ3v) is 8.80. The van der Waals surface area contributed by atoms with Crippen molar-refractivity contribution in [2.45, 2.75) is 37.0 Å². The molecule has 6 nitrogen and oxygen atoms in total. The van der Waals surface area contributed by atoms with Gasteiger partial charge in [-0.3, -0.25) is 4.79 Å². The standard InChI is InChI=1S/C23H24F3N3O3S/c1-3-33(31,32)19-10-15(16-12-28(2)21(30)20-14(16)4-7-27-20)18(11-17(19)24)29-8-5-22(6-9-29)13-23(22,25)26/h4,7,10-12,27H,3,5-6,8-9,13H2,1-2H3/i2D3. The molecular weight excluding hydrogens is 455 g/mol. The minimum atomic E-state index is -4.00. The molecule has 10 heteroatoms. The van der Waals surface area contributed by atoms with Gasteiger partial charge in [0, 0.05) is 70.6 Å². The van der Waals surface area contributed by atoms with Crippen LogP contribution in [-0.2, 0) is 16.8 Å². The van der Waals surface area contributed by atoms with Crippen LogP contribution < -0.4 is 10.5 Å². The first-order chi connectivity index (χ1) is 16.7. The lowest BCUT2D eigenvalue weighted by Crippen LogP contribution is -2.37. The number of aryl methyl sites for hydroxylation is 1. The molecule has 2 fully saturated rings. The van der Waals surface area contributed by atoms with E-state index < -0.39 is 44.4 Å². The van der Waals surface area contributed by atoms with Crippen molar-refractivity contribution < 1.29 is 25.7 Å². The number of pyridine rings is 1. The summed E-state index contributed by atoms with van der Waals surface area (Å²) in [5.74, 6) is -4.07. The molecule has 0 bridgehead atoms. The number of H-pyrrole nitrogens is 1. The van der Waals surface area contributed by atoms with Crippen molar-refractivity contribution >= 4 is 26.4 Å². The fraction of sp³-hybridized carbons (Fsp3) is 0.435. The number of nitrogens with zero attached hydrogens (tertiary/aromatic N) is 2. The number of alkyl halides is 2. The normalized spacial score (nSPS) is 21.1. The Morgan fingerprint density at radius 1 is 1.21 bits per heavy atom. The highest BCUT2D eigenvalue weighted by Crippen LogP contribution is 2.66. The monoisotopic (exact) mass is 482 g/mol. The van der Waals surface area contributed by atoms with E-state index in [1.807, 2.05) is 0 Å². The number of piperidine rings is 1. The van der Waals surface area contributed by atoms with Crippen LogP contribution in [0.25, 0.3) is 22.0 Å². The Bertz CT molecular complexity index is 1540. The summed E-state index contributed by atoms with van der Waals surface area (Å²) in [7, 11) is -4.00. The highest BCUT2D eigenvalue weighted by molar-refractivity contribution is 7.91. The molecule has 1 aromatic carbocycles. The van der Waals surface area contributed by atoms with E-state index in [-0.39, 0.29) is 60.4 Å². The van der Waals surface area contributed by atoms with E-state index in [1.165, 1.54) is 13.1 Å². The van der Waals surface area contributed by atoms with Crippen molar-refractivity contribution in [1.29, 1.82) is 0 Å². The number of sulfone groups is 1. The summed E-state index contributed by atoms with van der Waals surface area (Å²) >= 11 is 0. The molecule has 5 rings (SSSR count). The minimum Gasteiger partial charge on any atom is -0.371 e. The van der Waals surface area contributed by atoms with E-state index in [0.29, 0.717) is 9.95 Å². The van der Waals surface area contributed by atoms with Crippen LogP contribution in [0.1, 0.15) is 30.3 Å². The summed E-state index contributed by atoms with van der Waals surface area (Å²) in [4.78, 5) is 16.7. The molecular formula is C23H24F3N3O3S. The Balaban J connectivity index is 1.74. The molecule has 0 unspecified atom stereocenters. The quantitative estimate of drug-likeness (QED) is 0.608. The summed E-state index contributed by atoms with van der Waals surface area (Å²) in [6.07, 6.45) is 2.75. The van der Waals surface area contributed by atoms with Crippen molar-refractivity contribution in [1.82, 2.24) is 9.55 Å². The van der Waals surface area contributed by atoms with Gasteiger partial charge >= 0.3 is 0 Å². The van der Waals surface area contributed by atoms with Crippen LogP contribution in [-0.4, -0.2) is 42.7 Å². The van der Waals surface area contributed by atoms with Gasteiger partial charge < -0.3 is 14.5 Å². The molecule has 1 spiro atoms.